The maximum atomic E-state index is 12.7. The summed E-state index contributed by atoms with van der Waals surface area (Å²) in [5, 5.41) is 4.42. The Morgan fingerprint density at radius 3 is 2.21 bits per heavy atom. The molecule has 0 aliphatic rings. The Balaban J connectivity index is 2.37. The lowest BCUT2D eigenvalue weighted by molar-refractivity contribution is 0.120. The van der Waals surface area contributed by atoms with Gasteiger partial charge in [0.2, 0.25) is 0 Å². The maximum absolute atomic E-state index is 12.7. The van der Waals surface area contributed by atoms with Gasteiger partial charge in [-0.25, -0.2) is 4.68 Å². The highest BCUT2D eigenvalue weighted by Gasteiger charge is 2.38. The molecule has 2 rings (SSSR count). The van der Waals surface area contributed by atoms with Crippen LogP contribution in [0, 0.1) is 0 Å². The van der Waals surface area contributed by atoms with E-state index in [-0.39, 0.29) is 26.8 Å². The summed E-state index contributed by atoms with van der Waals surface area (Å²) in [5.74, 6) is 0.290. The summed E-state index contributed by atoms with van der Waals surface area (Å²) in [5.41, 5.74) is 1.96. The minimum absolute atomic E-state index is 0.0583. The van der Waals surface area contributed by atoms with E-state index in [0.29, 0.717) is 13.2 Å². The zero-order valence-electron chi connectivity index (χ0n) is 21.8. The van der Waals surface area contributed by atoms with Crippen molar-refractivity contribution < 1.29 is 9.16 Å². The summed E-state index contributed by atoms with van der Waals surface area (Å²) < 4.78 is 14.2. The monoisotopic (exact) mass is 492 g/mol. The number of hydrogen-bond acceptors (Lipinski definition) is 4. The van der Waals surface area contributed by atoms with Gasteiger partial charge < -0.3 is 9.16 Å². The van der Waals surface area contributed by atoms with Crippen molar-refractivity contribution in [3.8, 4) is 5.75 Å². The van der Waals surface area contributed by atoms with E-state index in [1.807, 2.05) is 0 Å². The summed E-state index contributed by atoms with van der Waals surface area (Å²) in [4.78, 5) is 12.7. The molecule has 1 unspecified atom stereocenters. The van der Waals surface area contributed by atoms with Crippen molar-refractivity contribution in [1.82, 2.24) is 9.78 Å². The van der Waals surface area contributed by atoms with Gasteiger partial charge in [0.15, 0.2) is 19.1 Å². The van der Waals surface area contributed by atoms with Crippen molar-refractivity contribution in [3.63, 3.8) is 0 Å². The number of aromatic nitrogens is 2. The molecule has 1 heterocycles. The molecule has 0 spiro atoms. The Morgan fingerprint density at radius 1 is 1.09 bits per heavy atom. The molecule has 0 aliphatic carbocycles. The number of nitrogens with zero attached hydrogens (tertiary/aromatic N) is 2. The molecule has 1 atom stereocenters. The van der Waals surface area contributed by atoms with E-state index in [9.17, 15) is 4.79 Å². The minimum Gasteiger partial charge on any atom is -0.480 e. The molecule has 5 nitrogen and oxygen atoms in total. The number of ether oxygens (including phenoxy) is 1. The average molecular weight is 493 g/mol. The van der Waals surface area contributed by atoms with Gasteiger partial charge in [0.1, 0.15) is 6.10 Å². The van der Waals surface area contributed by atoms with Gasteiger partial charge >= 0.3 is 0 Å². The van der Waals surface area contributed by atoms with Gasteiger partial charge in [0.05, 0.1) is 12.8 Å². The Morgan fingerprint density at radius 2 is 1.70 bits per heavy atom. The van der Waals surface area contributed by atoms with Crippen LogP contribution in [-0.4, -0.2) is 24.7 Å². The molecule has 1 aromatic heterocycles. The molecule has 0 aliphatic heterocycles. The highest BCUT2D eigenvalue weighted by atomic mass is 35.5. The van der Waals surface area contributed by atoms with Crippen molar-refractivity contribution >= 4 is 19.9 Å². The topological polar surface area (TPSA) is 53.4 Å². The maximum Gasteiger partial charge on any atom is 0.289 e. The second-order valence-electron chi connectivity index (χ2n) is 11.3. The predicted octanol–water partition coefficient (Wildman–Crippen LogP) is 7.14. The van der Waals surface area contributed by atoms with Crippen LogP contribution in [0.2, 0.25) is 23.2 Å². The number of halogens is 1. The molecule has 1 aromatic carbocycles. The lowest BCUT2D eigenvalue weighted by atomic mass is 9.86. The zero-order valence-corrected chi connectivity index (χ0v) is 23.5. The van der Waals surface area contributed by atoms with E-state index in [1.165, 1.54) is 10.2 Å². The summed E-state index contributed by atoms with van der Waals surface area (Å²) in [6.07, 6.45) is 2.98. The van der Waals surface area contributed by atoms with Gasteiger partial charge in [-0.2, -0.15) is 5.10 Å². The number of rotatable bonds is 9. The number of aryl methyl sites for hydroxylation is 1. The number of unbranched alkanes of at least 4 members (excludes halogenated alkanes) is 1. The minimum atomic E-state index is -2.00. The Labute approximate surface area is 205 Å². The molecule has 0 radical (unpaired) electrons. The van der Waals surface area contributed by atoms with Crippen LogP contribution >= 0.6 is 11.6 Å². The zero-order chi connectivity index (χ0) is 25.0. The molecule has 0 saturated heterocycles. The van der Waals surface area contributed by atoms with Gasteiger partial charge in [-0.3, -0.25) is 4.79 Å². The number of hydrogen-bond donors (Lipinski definition) is 0. The van der Waals surface area contributed by atoms with Crippen molar-refractivity contribution in [3.05, 3.63) is 57.0 Å². The van der Waals surface area contributed by atoms with E-state index >= 15 is 0 Å². The smallest absolute Gasteiger partial charge is 0.289 e. The molecule has 33 heavy (non-hydrogen) atoms. The second kappa shape index (κ2) is 10.7. The molecule has 2 aromatic rings. The second-order valence-corrected chi connectivity index (χ2v) is 16.4. The lowest BCUT2D eigenvalue weighted by Crippen LogP contribution is -2.42. The predicted molar refractivity (Wildman–Crippen MR) is 140 cm³/mol. The molecule has 0 N–H and O–H groups in total. The Bertz CT molecular complexity index is 973. The van der Waals surface area contributed by atoms with E-state index < -0.39 is 14.4 Å². The SMILES string of the molecule is CCCCn1ncc(OC(CO[Si](C)(C)C(C)(C)C)c2ccc(C(C)(C)C)cc2)c(Cl)c1=O. The first kappa shape index (κ1) is 27.6. The average Bonchev–Trinajstić information content (AvgIpc) is 2.72. The van der Waals surface area contributed by atoms with Crippen molar-refractivity contribution in [1.29, 1.82) is 0 Å². The summed E-state index contributed by atoms with van der Waals surface area (Å²) in [6.45, 7) is 20.6. The first-order chi connectivity index (χ1) is 15.2. The Hall–Kier alpha value is -1.63. The van der Waals surface area contributed by atoms with Gasteiger partial charge in [-0.1, -0.05) is 90.8 Å². The molecular formula is C26H41ClN2O3Si. The molecule has 7 heteroatoms. The first-order valence-electron chi connectivity index (χ1n) is 11.8. The molecule has 0 amide bonds. The van der Waals surface area contributed by atoms with Crippen LogP contribution in [0.15, 0.2) is 35.3 Å². The van der Waals surface area contributed by atoms with E-state index in [4.69, 9.17) is 20.8 Å². The molecule has 0 bridgehead atoms. The summed E-state index contributed by atoms with van der Waals surface area (Å²) in [6, 6.07) is 8.40. The quantitative estimate of drug-likeness (QED) is 0.349. The van der Waals surface area contributed by atoms with Crippen LogP contribution in [0.3, 0.4) is 0 Å². The third kappa shape index (κ3) is 7.17. The fourth-order valence-electron chi connectivity index (χ4n) is 3.05. The highest BCUT2D eigenvalue weighted by Crippen LogP contribution is 2.38. The standard InChI is InChI=1S/C26H41ClN2O3Si/c1-10-11-16-29-24(30)23(27)21(17-28-29)32-22(18-31-33(8,9)26(5,6)7)19-12-14-20(15-13-19)25(2,3)4/h12-15,17,22H,10-11,16,18H2,1-9H3. The third-order valence-electron chi connectivity index (χ3n) is 6.50. The van der Waals surface area contributed by atoms with Crippen molar-refractivity contribution in [2.75, 3.05) is 6.61 Å². The van der Waals surface area contributed by atoms with Crippen LogP contribution in [0.4, 0.5) is 0 Å². The van der Waals surface area contributed by atoms with E-state index in [0.717, 1.165) is 18.4 Å². The molecule has 0 fully saturated rings. The van der Waals surface area contributed by atoms with Gasteiger partial charge in [0.25, 0.3) is 5.56 Å². The Kier molecular flexibility index (Phi) is 8.99. The highest BCUT2D eigenvalue weighted by molar-refractivity contribution is 6.74. The fraction of sp³-hybridized carbons (Fsp3) is 0.615. The van der Waals surface area contributed by atoms with Crippen LogP contribution in [0.5, 0.6) is 5.75 Å². The van der Waals surface area contributed by atoms with Gasteiger partial charge in [-0.15, -0.1) is 0 Å². The number of benzene rings is 1. The van der Waals surface area contributed by atoms with Crippen LogP contribution < -0.4 is 10.3 Å². The molecule has 0 saturated carbocycles. The normalized spacial score (nSPS) is 13.8. The fourth-order valence-corrected chi connectivity index (χ4v) is 4.24. The lowest BCUT2D eigenvalue weighted by Gasteiger charge is -2.37. The molecule has 184 valence electrons. The van der Waals surface area contributed by atoms with Gasteiger partial charge in [-0.05, 0) is 41.1 Å². The first-order valence-corrected chi connectivity index (χ1v) is 15.1. The summed E-state index contributed by atoms with van der Waals surface area (Å²) in [7, 11) is -2.00. The van der Waals surface area contributed by atoms with E-state index in [2.05, 4.69) is 90.9 Å². The third-order valence-corrected chi connectivity index (χ3v) is 11.3. The van der Waals surface area contributed by atoms with Crippen LogP contribution in [0.25, 0.3) is 0 Å². The van der Waals surface area contributed by atoms with Crippen LogP contribution in [0.1, 0.15) is 78.5 Å². The van der Waals surface area contributed by atoms with Crippen LogP contribution in [-0.2, 0) is 16.4 Å². The van der Waals surface area contributed by atoms with Gasteiger partial charge in [0, 0.05) is 6.54 Å². The van der Waals surface area contributed by atoms with E-state index in [1.54, 1.807) is 6.20 Å². The largest absolute Gasteiger partial charge is 0.480 e. The molecular weight excluding hydrogens is 452 g/mol. The van der Waals surface area contributed by atoms with Crippen molar-refractivity contribution in [2.24, 2.45) is 0 Å². The summed E-state index contributed by atoms with van der Waals surface area (Å²) >= 11 is 6.43. The van der Waals surface area contributed by atoms with Crippen molar-refractivity contribution in [2.45, 2.75) is 97.5 Å².